The molecule has 1 saturated heterocycles. The summed E-state index contributed by atoms with van der Waals surface area (Å²) in [6.07, 6.45) is 1.78. The number of piperidine rings is 1. The van der Waals surface area contributed by atoms with Crippen molar-refractivity contribution in [3.05, 3.63) is 29.8 Å². The molecule has 0 aliphatic carbocycles. The summed E-state index contributed by atoms with van der Waals surface area (Å²) in [5, 5.41) is 9.18. The molecule has 1 fully saturated rings. The predicted molar refractivity (Wildman–Crippen MR) is 82.7 cm³/mol. The molecule has 1 aliphatic heterocycles. The first-order valence-electron chi connectivity index (χ1n) is 7.75. The van der Waals surface area contributed by atoms with Crippen LogP contribution < -0.4 is 4.74 Å². The van der Waals surface area contributed by atoms with Gasteiger partial charge >= 0.3 is 5.97 Å². The molecular formula is C17H25NO3. The first-order valence-corrected chi connectivity index (χ1v) is 7.75. The standard InChI is InChI=1S/C17H25NO3/c1-3-14-5-4-6-16(10-14)21-8-7-18-11-13(2)9-15(12-18)17(19)20/h4-6,10,13,15H,3,7-9,11-12H2,1-2H3,(H,19,20). The molecule has 2 unspecified atom stereocenters. The van der Waals surface area contributed by atoms with Crippen molar-refractivity contribution < 1.29 is 14.6 Å². The molecule has 1 heterocycles. The molecule has 0 radical (unpaired) electrons. The maximum Gasteiger partial charge on any atom is 0.307 e. The van der Waals surface area contributed by atoms with Crippen molar-refractivity contribution in [1.29, 1.82) is 0 Å². The Morgan fingerprint density at radius 2 is 2.24 bits per heavy atom. The van der Waals surface area contributed by atoms with Crippen molar-refractivity contribution in [2.75, 3.05) is 26.2 Å². The van der Waals surface area contributed by atoms with Crippen LogP contribution in [0.3, 0.4) is 0 Å². The largest absolute Gasteiger partial charge is 0.492 e. The van der Waals surface area contributed by atoms with E-state index in [0.717, 1.165) is 31.7 Å². The molecule has 1 aromatic carbocycles. The van der Waals surface area contributed by atoms with Crippen LogP contribution >= 0.6 is 0 Å². The van der Waals surface area contributed by atoms with Crippen LogP contribution in [0, 0.1) is 11.8 Å². The Bertz CT molecular complexity index is 475. The van der Waals surface area contributed by atoms with Gasteiger partial charge in [0.1, 0.15) is 12.4 Å². The highest BCUT2D eigenvalue weighted by atomic mass is 16.5. The second-order valence-electron chi connectivity index (χ2n) is 5.99. The maximum absolute atomic E-state index is 11.2. The zero-order chi connectivity index (χ0) is 15.2. The Morgan fingerprint density at radius 3 is 2.95 bits per heavy atom. The van der Waals surface area contributed by atoms with E-state index >= 15 is 0 Å². The van der Waals surface area contributed by atoms with Crippen LogP contribution in [-0.2, 0) is 11.2 Å². The third-order valence-electron chi connectivity index (χ3n) is 4.07. The van der Waals surface area contributed by atoms with Crippen LogP contribution in [0.5, 0.6) is 5.75 Å². The molecule has 0 amide bonds. The fraction of sp³-hybridized carbons (Fsp3) is 0.588. The Kier molecular flexibility index (Phi) is 5.62. The molecule has 0 spiro atoms. The lowest BCUT2D eigenvalue weighted by atomic mass is 9.90. The van der Waals surface area contributed by atoms with E-state index in [2.05, 4.69) is 30.9 Å². The van der Waals surface area contributed by atoms with Gasteiger partial charge in [0.25, 0.3) is 0 Å². The van der Waals surface area contributed by atoms with E-state index < -0.39 is 5.97 Å². The number of rotatable bonds is 6. The number of carboxylic acid groups (broad SMARTS) is 1. The van der Waals surface area contributed by atoms with Crippen LogP contribution in [0.2, 0.25) is 0 Å². The SMILES string of the molecule is CCc1cccc(OCCN2CC(C)CC(C(=O)O)C2)c1. The summed E-state index contributed by atoms with van der Waals surface area (Å²) in [6.45, 7) is 7.23. The van der Waals surface area contributed by atoms with E-state index in [1.807, 2.05) is 12.1 Å². The van der Waals surface area contributed by atoms with E-state index in [1.54, 1.807) is 0 Å². The summed E-state index contributed by atoms with van der Waals surface area (Å²) in [5.74, 6) is 0.415. The zero-order valence-electron chi connectivity index (χ0n) is 12.9. The van der Waals surface area contributed by atoms with Crippen LogP contribution in [0.1, 0.15) is 25.8 Å². The summed E-state index contributed by atoms with van der Waals surface area (Å²) >= 11 is 0. The number of benzene rings is 1. The number of likely N-dealkylation sites (tertiary alicyclic amines) is 1. The van der Waals surface area contributed by atoms with Crippen molar-refractivity contribution in [2.45, 2.75) is 26.7 Å². The molecule has 21 heavy (non-hydrogen) atoms. The average Bonchev–Trinajstić information content (AvgIpc) is 2.47. The highest BCUT2D eigenvalue weighted by Gasteiger charge is 2.29. The van der Waals surface area contributed by atoms with Crippen molar-refractivity contribution in [3.8, 4) is 5.75 Å². The summed E-state index contributed by atoms with van der Waals surface area (Å²) in [5.41, 5.74) is 1.27. The molecule has 0 saturated carbocycles. The van der Waals surface area contributed by atoms with Crippen LogP contribution in [-0.4, -0.2) is 42.2 Å². The minimum absolute atomic E-state index is 0.239. The molecule has 4 heteroatoms. The van der Waals surface area contributed by atoms with Gasteiger partial charge in [-0.1, -0.05) is 26.0 Å². The number of nitrogens with zero attached hydrogens (tertiary/aromatic N) is 1. The second kappa shape index (κ2) is 7.46. The molecule has 2 rings (SSSR count). The highest BCUT2D eigenvalue weighted by Crippen LogP contribution is 2.21. The lowest BCUT2D eigenvalue weighted by Crippen LogP contribution is -2.44. The van der Waals surface area contributed by atoms with Gasteiger partial charge in [0.05, 0.1) is 5.92 Å². The van der Waals surface area contributed by atoms with E-state index in [0.29, 0.717) is 19.1 Å². The maximum atomic E-state index is 11.2. The first-order chi connectivity index (χ1) is 10.1. The van der Waals surface area contributed by atoms with Crippen molar-refractivity contribution in [1.82, 2.24) is 4.90 Å². The molecule has 116 valence electrons. The lowest BCUT2D eigenvalue weighted by molar-refractivity contribution is -0.144. The first kappa shape index (κ1) is 15.8. The fourth-order valence-electron chi connectivity index (χ4n) is 2.97. The monoisotopic (exact) mass is 291 g/mol. The van der Waals surface area contributed by atoms with Gasteiger partial charge in [0, 0.05) is 19.6 Å². The lowest BCUT2D eigenvalue weighted by Gasteiger charge is -2.34. The second-order valence-corrected chi connectivity index (χ2v) is 5.99. The summed E-state index contributed by atoms with van der Waals surface area (Å²) in [7, 11) is 0. The Balaban J connectivity index is 1.80. The molecule has 1 aliphatic rings. The number of hydrogen-bond acceptors (Lipinski definition) is 3. The van der Waals surface area contributed by atoms with Crippen molar-refractivity contribution >= 4 is 5.97 Å². The van der Waals surface area contributed by atoms with Gasteiger partial charge in [-0.3, -0.25) is 9.69 Å². The van der Waals surface area contributed by atoms with Gasteiger partial charge in [-0.15, -0.1) is 0 Å². The van der Waals surface area contributed by atoms with Crippen LogP contribution in [0.25, 0.3) is 0 Å². The molecule has 1 N–H and O–H groups in total. The van der Waals surface area contributed by atoms with Crippen LogP contribution in [0.4, 0.5) is 0 Å². The number of aliphatic carboxylic acids is 1. The third kappa shape index (κ3) is 4.74. The number of carbonyl (C=O) groups is 1. The Hall–Kier alpha value is -1.55. The van der Waals surface area contributed by atoms with E-state index in [-0.39, 0.29) is 5.92 Å². The van der Waals surface area contributed by atoms with E-state index in [1.165, 1.54) is 5.56 Å². The van der Waals surface area contributed by atoms with Gasteiger partial charge in [0.2, 0.25) is 0 Å². The summed E-state index contributed by atoms with van der Waals surface area (Å²) in [6, 6.07) is 8.14. The van der Waals surface area contributed by atoms with Crippen molar-refractivity contribution in [3.63, 3.8) is 0 Å². The topological polar surface area (TPSA) is 49.8 Å². The van der Waals surface area contributed by atoms with Gasteiger partial charge in [-0.05, 0) is 36.5 Å². The Morgan fingerprint density at radius 1 is 1.43 bits per heavy atom. The minimum Gasteiger partial charge on any atom is -0.492 e. The summed E-state index contributed by atoms with van der Waals surface area (Å²) < 4.78 is 5.79. The predicted octanol–water partition coefficient (Wildman–Crippen LogP) is 2.67. The van der Waals surface area contributed by atoms with Gasteiger partial charge in [-0.25, -0.2) is 0 Å². The highest BCUT2D eigenvalue weighted by molar-refractivity contribution is 5.70. The normalized spacial score (nSPS) is 23.0. The fourth-order valence-corrected chi connectivity index (χ4v) is 2.97. The molecule has 4 nitrogen and oxygen atoms in total. The quantitative estimate of drug-likeness (QED) is 0.875. The minimum atomic E-state index is -0.678. The molecule has 1 aromatic rings. The molecular weight excluding hydrogens is 266 g/mol. The Labute approximate surface area is 126 Å². The van der Waals surface area contributed by atoms with Crippen LogP contribution in [0.15, 0.2) is 24.3 Å². The van der Waals surface area contributed by atoms with Gasteiger partial charge in [-0.2, -0.15) is 0 Å². The molecule has 0 aromatic heterocycles. The van der Waals surface area contributed by atoms with E-state index in [4.69, 9.17) is 4.74 Å². The van der Waals surface area contributed by atoms with Gasteiger partial charge < -0.3 is 9.84 Å². The third-order valence-corrected chi connectivity index (χ3v) is 4.07. The number of hydrogen-bond donors (Lipinski definition) is 1. The van der Waals surface area contributed by atoms with Crippen molar-refractivity contribution in [2.24, 2.45) is 11.8 Å². The average molecular weight is 291 g/mol. The van der Waals surface area contributed by atoms with Gasteiger partial charge in [0.15, 0.2) is 0 Å². The molecule has 2 atom stereocenters. The summed E-state index contributed by atoms with van der Waals surface area (Å²) in [4.78, 5) is 13.4. The number of ether oxygens (including phenoxy) is 1. The smallest absolute Gasteiger partial charge is 0.307 e. The molecule has 0 bridgehead atoms. The number of aryl methyl sites for hydroxylation is 1. The number of carboxylic acids is 1. The zero-order valence-corrected chi connectivity index (χ0v) is 12.9. The van der Waals surface area contributed by atoms with E-state index in [9.17, 15) is 9.90 Å².